The Hall–Kier alpha value is -3.64. The van der Waals surface area contributed by atoms with Crippen LogP contribution in [0.2, 0.25) is 0 Å². The highest BCUT2D eigenvalue weighted by Crippen LogP contribution is 2.43. The van der Waals surface area contributed by atoms with Gasteiger partial charge in [-0.3, -0.25) is 4.90 Å². The molecule has 3 nitrogen and oxygen atoms in total. The van der Waals surface area contributed by atoms with Crippen molar-refractivity contribution in [2.75, 3.05) is 19.6 Å². The molecule has 6 rings (SSSR count). The van der Waals surface area contributed by atoms with Crippen LogP contribution in [0.4, 0.5) is 13.2 Å². The second-order valence-electron chi connectivity index (χ2n) is 11.1. The van der Waals surface area contributed by atoms with Crippen LogP contribution < -0.4 is 0 Å². The van der Waals surface area contributed by atoms with Gasteiger partial charge in [-0.25, -0.2) is 18.0 Å². The number of benzene rings is 3. The van der Waals surface area contributed by atoms with E-state index in [0.717, 1.165) is 76.6 Å². The van der Waals surface area contributed by atoms with Gasteiger partial charge < -0.3 is 5.11 Å². The molecular formula is C34H32F3NO2. The van der Waals surface area contributed by atoms with Gasteiger partial charge in [0.15, 0.2) is 0 Å². The summed E-state index contributed by atoms with van der Waals surface area (Å²) in [6.07, 6.45) is 4.85. The fourth-order valence-electron chi connectivity index (χ4n) is 6.50. The number of allylic oxidation sites excluding steroid dienone is 1. The fourth-order valence-corrected chi connectivity index (χ4v) is 6.50. The van der Waals surface area contributed by atoms with Crippen LogP contribution in [0.5, 0.6) is 0 Å². The van der Waals surface area contributed by atoms with Crippen LogP contribution in [-0.4, -0.2) is 42.0 Å². The molecule has 3 aromatic carbocycles. The maximum Gasteiger partial charge on any atom is 0.335 e. The highest BCUT2D eigenvalue weighted by Gasteiger charge is 2.27. The summed E-state index contributed by atoms with van der Waals surface area (Å²) in [6.45, 7) is 1.83. The minimum absolute atomic E-state index is 0.0972. The molecule has 1 N–H and O–H groups in total. The molecule has 206 valence electrons. The van der Waals surface area contributed by atoms with Crippen molar-refractivity contribution in [1.29, 1.82) is 0 Å². The number of aryl methyl sites for hydroxylation is 2. The Morgan fingerprint density at radius 2 is 1.68 bits per heavy atom. The minimum atomic E-state index is -2.27. The van der Waals surface area contributed by atoms with E-state index in [1.54, 1.807) is 18.2 Å². The number of likely N-dealkylation sites (tertiary alicyclic amines) is 1. The number of nitrogens with zero attached hydrogens (tertiary/aromatic N) is 1. The summed E-state index contributed by atoms with van der Waals surface area (Å²) in [4.78, 5) is 13.7. The summed E-state index contributed by atoms with van der Waals surface area (Å²) in [6, 6.07) is 17.1. The zero-order chi connectivity index (χ0) is 27.8. The van der Waals surface area contributed by atoms with Gasteiger partial charge in [-0.2, -0.15) is 0 Å². The first kappa shape index (κ1) is 26.6. The molecular weight excluding hydrogens is 511 g/mol. The van der Waals surface area contributed by atoms with Gasteiger partial charge in [0, 0.05) is 31.6 Å². The molecule has 6 heteroatoms. The van der Waals surface area contributed by atoms with Gasteiger partial charge in [-0.15, -0.1) is 0 Å². The molecule has 1 heterocycles. The Kier molecular flexibility index (Phi) is 7.37. The van der Waals surface area contributed by atoms with E-state index in [1.807, 2.05) is 17.0 Å². The van der Waals surface area contributed by atoms with Crippen molar-refractivity contribution in [2.45, 2.75) is 51.4 Å². The molecule has 3 aliphatic rings. The SMILES string of the molecule is O=C(O)c1ccc2c(c1)CCCC(c1c(F)ccc3c1CCC3)=C2c1ccc(C=C2CN(CCC(F)F)C2)cc1. The number of hydrogen-bond acceptors (Lipinski definition) is 2. The Morgan fingerprint density at radius 1 is 0.925 bits per heavy atom. The van der Waals surface area contributed by atoms with Crippen LogP contribution in [0.15, 0.2) is 60.2 Å². The molecule has 1 aliphatic heterocycles. The predicted molar refractivity (Wildman–Crippen MR) is 152 cm³/mol. The van der Waals surface area contributed by atoms with Gasteiger partial charge in [0.05, 0.1) is 5.56 Å². The van der Waals surface area contributed by atoms with E-state index in [4.69, 9.17) is 0 Å². The molecule has 3 aromatic rings. The van der Waals surface area contributed by atoms with Gasteiger partial charge in [0.25, 0.3) is 0 Å². The van der Waals surface area contributed by atoms with Gasteiger partial charge in [-0.05, 0) is 107 Å². The number of carboxylic acid groups (broad SMARTS) is 1. The lowest BCUT2D eigenvalue weighted by Gasteiger charge is -2.34. The average Bonchev–Trinajstić information content (AvgIpc) is 3.31. The Labute approximate surface area is 232 Å². The monoisotopic (exact) mass is 543 g/mol. The highest BCUT2D eigenvalue weighted by molar-refractivity contribution is 6.01. The van der Waals surface area contributed by atoms with Crippen LogP contribution >= 0.6 is 0 Å². The zero-order valence-electron chi connectivity index (χ0n) is 22.4. The predicted octanol–water partition coefficient (Wildman–Crippen LogP) is 7.66. The molecule has 0 spiro atoms. The summed E-state index contributed by atoms with van der Waals surface area (Å²) in [5.41, 5.74) is 10.5. The molecule has 0 atom stereocenters. The van der Waals surface area contributed by atoms with Crippen LogP contribution in [0.25, 0.3) is 17.2 Å². The molecule has 0 saturated carbocycles. The molecule has 0 amide bonds. The van der Waals surface area contributed by atoms with Crippen LogP contribution in [0, 0.1) is 5.82 Å². The Morgan fingerprint density at radius 3 is 2.42 bits per heavy atom. The molecule has 0 aromatic heterocycles. The van der Waals surface area contributed by atoms with Gasteiger partial charge in [0.2, 0.25) is 6.43 Å². The molecule has 1 saturated heterocycles. The van der Waals surface area contributed by atoms with E-state index in [0.29, 0.717) is 26.1 Å². The molecule has 0 bridgehead atoms. The van der Waals surface area contributed by atoms with Crippen molar-refractivity contribution in [3.05, 3.63) is 110 Å². The van der Waals surface area contributed by atoms with Crippen molar-refractivity contribution >= 4 is 23.2 Å². The maximum absolute atomic E-state index is 15.6. The number of aromatic carboxylic acids is 1. The maximum atomic E-state index is 15.6. The lowest BCUT2D eigenvalue weighted by molar-refractivity contribution is 0.0696. The van der Waals surface area contributed by atoms with E-state index in [2.05, 4.69) is 30.3 Å². The lowest BCUT2D eigenvalue weighted by atomic mass is 9.84. The summed E-state index contributed by atoms with van der Waals surface area (Å²) in [5, 5.41) is 9.61. The fraction of sp³-hybridized carbons (Fsp3) is 0.324. The van der Waals surface area contributed by atoms with Crippen molar-refractivity contribution in [1.82, 2.24) is 4.90 Å². The van der Waals surface area contributed by atoms with E-state index < -0.39 is 12.4 Å². The third-order valence-corrected chi connectivity index (χ3v) is 8.42. The standard InChI is InChI=1S/C34H32F3NO2/c35-30-14-12-23-3-1-5-27(23)33(30)29-6-2-4-25-18-26(34(39)40)11-13-28(25)32(29)24-9-7-21(8-10-24)17-22-19-38(20-22)16-15-31(36)37/h7-14,17-18,31H,1-6,15-16,19-20H2,(H,39,40). The van der Waals surface area contributed by atoms with E-state index in [9.17, 15) is 18.7 Å². The van der Waals surface area contributed by atoms with E-state index in [1.165, 1.54) is 11.1 Å². The van der Waals surface area contributed by atoms with Crippen molar-refractivity contribution in [3.8, 4) is 0 Å². The Bertz CT molecular complexity index is 1510. The van der Waals surface area contributed by atoms with Gasteiger partial charge in [0.1, 0.15) is 5.82 Å². The smallest absolute Gasteiger partial charge is 0.335 e. The summed E-state index contributed by atoms with van der Waals surface area (Å²) >= 11 is 0. The summed E-state index contributed by atoms with van der Waals surface area (Å²) in [7, 11) is 0. The van der Waals surface area contributed by atoms with Gasteiger partial charge in [-0.1, -0.05) is 42.5 Å². The third kappa shape index (κ3) is 5.25. The lowest BCUT2D eigenvalue weighted by Crippen LogP contribution is -2.40. The van der Waals surface area contributed by atoms with Crippen LogP contribution in [0.3, 0.4) is 0 Å². The minimum Gasteiger partial charge on any atom is -0.478 e. The first-order valence-corrected chi connectivity index (χ1v) is 14.1. The first-order valence-electron chi connectivity index (χ1n) is 14.1. The van der Waals surface area contributed by atoms with E-state index in [-0.39, 0.29) is 17.8 Å². The van der Waals surface area contributed by atoms with Crippen LogP contribution in [0.1, 0.15) is 75.0 Å². The van der Waals surface area contributed by atoms with Crippen molar-refractivity contribution in [3.63, 3.8) is 0 Å². The number of rotatable bonds is 7. The second kappa shape index (κ2) is 11.1. The van der Waals surface area contributed by atoms with Crippen molar-refractivity contribution in [2.24, 2.45) is 0 Å². The number of hydrogen-bond donors (Lipinski definition) is 1. The highest BCUT2D eigenvalue weighted by atomic mass is 19.3. The zero-order valence-corrected chi connectivity index (χ0v) is 22.4. The topological polar surface area (TPSA) is 40.5 Å². The number of alkyl halides is 2. The van der Waals surface area contributed by atoms with E-state index >= 15 is 4.39 Å². The Balaban J connectivity index is 1.41. The number of carboxylic acids is 1. The molecule has 0 radical (unpaired) electrons. The van der Waals surface area contributed by atoms with Crippen molar-refractivity contribution < 1.29 is 23.1 Å². The molecule has 1 fully saturated rings. The summed E-state index contributed by atoms with van der Waals surface area (Å²) < 4.78 is 40.6. The second-order valence-corrected chi connectivity index (χ2v) is 11.1. The number of fused-ring (bicyclic) bond motifs is 2. The average molecular weight is 544 g/mol. The quantitative estimate of drug-likeness (QED) is 0.333. The molecule has 40 heavy (non-hydrogen) atoms. The van der Waals surface area contributed by atoms with Gasteiger partial charge >= 0.3 is 5.97 Å². The third-order valence-electron chi connectivity index (χ3n) is 8.42. The molecule has 0 unspecified atom stereocenters. The number of carbonyl (C=O) groups is 1. The number of halogens is 3. The largest absolute Gasteiger partial charge is 0.478 e. The normalized spacial score (nSPS) is 16.9. The first-order chi connectivity index (χ1) is 19.4. The summed E-state index contributed by atoms with van der Waals surface area (Å²) in [5.74, 6) is -1.15. The van der Waals surface area contributed by atoms with Crippen LogP contribution in [-0.2, 0) is 19.3 Å². The molecule has 2 aliphatic carbocycles.